The molecule has 4 nitrogen and oxygen atoms in total. The van der Waals surface area contributed by atoms with Crippen LogP contribution in [0.3, 0.4) is 0 Å². The minimum Gasteiger partial charge on any atom is -0.496 e. The van der Waals surface area contributed by atoms with Crippen molar-refractivity contribution >= 4 is 0 Å². The molecule has 1 heterocycles. The van der Waals surface area contributed by atoms with Gasteiger partial charge in [0.25, 0.3) is 0 Å². The summed E-state index contributed by atoms with van der Waals surface area (Å²) in [7, 11) is 3.34. The van der Waals surface area contributed by atoms with Gasteiger partial charge in [0, 0.05) is 30.1 Å². The third-order valence-corrected chi connectivity index (χ3v) is 5.36. The lowest BCUT2D eigenvalue weighted by molar-refractivity contribution is 0.410. The maximum absolute atomic E-state index is 13.5. The molecule has 2 aromatic carbocycles. The Labute approximate surface area is 178 Å². The van der Waals surface area contributed by atoms with Gasteiger partial charge in [-0.3, -0.25) is 4.79 Å². The van der Waals surface area contributed by atoms with E-state index in [0.29, 0.717) is 17.7 Å². The van der Waals surface area contributed by atoms with E-state index < -0.39 is 0 Å². The highest BCUT2D eigenvalue weighted by Gasteiger charge is 2.14. The van der Waals surface area contributed by atoms with Gasteiger partial charge in [0.15, 0.2) is 5.43 Å². The Hall–Kier alpha value is -3.27. The fraction of sp³-hybridized carbons (Fsp3) is 0.269. The summed E-state index contributed by atoms with van der Waals surface area (Å²) in [6.45, 7) is 8.63. The second-order valence-electron chi connectivity index (χ2n) is 7.16. The average Bonchev–Trinajstić information content (AvgIpc) is 2.79. The number of hydrogen-bond donors (Lipinski definition) is 0. The third-order valence-electron chi connectivity index (χ3n) is 5.36. The van der Waals surface area contributed by atoms with Gasteiger partial charge in [0.05, 0.1) is 14.2 Å². The van der Waals surface area contributed by atoms with E-state index >= 15 is 0 Å². The Kier molecular flexibility index (Phi) is 6.78. The molecule has 0 bridgehead atoms. The average molecular weight is 404 g/mol. The van der Waals surface area contributed by atoms with Crippen LogP contribution in [-0.4, -0.2) is 18.8 Å². The van der Waals surface area contributed by atoms with Gasteiger partial charge in [-0.05, 0) is 59.4 Å². The molecular formula is C26H29NO3. The van der Waals surface area contributed by atoms with Gasteiger partial charge in [0.2, 0.25) is 0 Å². The molecule has 0 atom stereocenters. The summed E-state index contributed by atoms with van der Waals surface area (Å²) in [4.78, 5) is 13.5. The molecule has 0 saturated heterocycles. The standard InChI is InChI=1S/C26H29NO3/c1-6-13-27-16-22(20-9-11-24(29-4)18(7-2)14-20)26(28)23(17-27)21-10-12-25(30-5)19(8-3)15-21/h6,9-12,14-17H,1,7-8,13H2,2-5H3. The number of aromatic nitrogens is 1. The summed E-state index contributed by atoms with van der Waals surface area (Å²) in [5.74, 6) is 1.68. The summed E-state index contributed by atoms with van der Waals surface area (Å²) >= 11 is 0. The molecule has 3 aromatic rings. The lowest BCUT2D eigenvalue weighted by Gasteiger charge is -2.14. The minimum atomic E-state index is 0.00903. The second-order valence-corrected chi connectivity index (χ2v) is 7.16. The molecule has 0 aliphatic carbocycles. The molecule has 156 valence electrons. The predicted molar refractivity (Wildman–Crippen MR) is 124 cm³/mol. The lowest BCUT2D eigenvalue weighted by atomic mass is 9.97. The number of rotatable bonds is 8. The summed E-state index contributed by atoms with van der Waals surface area (Å²) in [5.41, 5.74) is 5.28. The number of benzene rings is 2. The first-order valence-electron chi connectivity index (χ1n) is 10.3. The molecule has 0 N–H and O–H groups in total. The number of methoxy groups -OCH3 is 2. The first-order valence-corrected chi connectivity index (χ1v) is 10.3. The van der Waals surface area contributed by atoms with Gasteiger partial charge in [-0.15, -0.1) is 6.58 Å². The quantitative estimate of drug-likeness (QED) is 0.466. The van der Waals surface area contributed by atoms with Gasteiger partial charge >= 0.3 is 0 Å². The maximum Gasteiger partial charge on any atom is 0.197 e. The van der Waals surface area contributed by atoms with E-state index in [9.17, 15) is 4.79 Å². The molecule has 0 radical (unpaired) electrons. The van der Waals surface area contributed by atoms with Crippen LogP contribution in [0.5, 0.6) is 11.5 Å². The van der Waals surface area contributed by atoms with Crippen LogP contribution < -0.4 is 14.9 Å². The van der Waals surface area contributed by atoms with E-state index in [1.165, 1.54) is 0 Å². The van der Waals surface area contributed by atoms with Crippen molar-refractivity contribution in [3.05, 3.63) is 82.8 Å². The Morgan fingerprint density at radius 3 is 1.70 bits per heavy atom. The van der Waals surface area contributed by atoms with Crippen molar-refractivity contribution in [1.82, 2.24) is 4.57 Å². The Bertz CT molecular complexity index is 1030. The molecule has 0 aliphatic heterocycles. The zero-order valence-corrected chi connectivity index (χ0v) is 18.2. The largest absolute Gasteiger partial charge is 0.496 e. The van der Waals surface area contributed by atoms with Gasteiger partial charge in [-0.25, -0.2) is 0 Å². The highest BCUT2D eigenvalue weighted by molar-refractivity contribution is 5.73. The number of hydrogen-bond acceptors (Lipinski definition) is 3. The van der Waals surface area contributed by atoms with Gasteiger partial charge in [0.1, 0.15) is 11.5 Å². The van der Waals surface area contributed by atoms with Crippen LogP contribution in [0.4, 0.5) is 0 Å². The highest BCUT2D eigenvalue weighted by atomic mass is 16.5. The smallest absolute Gasteiger partial charge is 0.197 e. The van der Waals surface area contributed by atoms with Crippen molar-refractivity contribution < 1.29 is 9.47 Å². The van der Waals surface area contributed by atoms with Crippen LogP contribution >= 0.6 is 0 Å². The fourth-order valence-electron chi connectivity index (χ4n) is 3.74. The Morgan fingerprint density at radius 1 is 0.867 bits per heavy atom. The van der Waals surface area contributed by atoms with Crippen molar-refractivity contribution in [2.45, 2.75) is 33.2 Å². The van der Waals surface area contributed by atoms with E-state index in [-0.39, 0.29) is 5.43 Å². The molecule has 3 rings (SSSR count). The van der Waals surface area contributed by atoms with Crippen LogP contribution in [0.2, 0.25) is 0 Å². The van der Waals surface area contributed by atoms with Crippen molar-refractivity contribution in [2.75, 3.05) is 14.2 Å². The fourth-order valence-corrected chi connectivity index (χ4v) is 3.74. The number of pyridine rings is 1. The van der Waals surface area contributed by atoms with E-state index in [4.69, 9.17) is 9.47 Å². The van der Waals surface area contributed by atoms with Crippen LogP contribution in [0.1, 0.15) is 25.0 Å². The first-order chi connectivity index (χ1) is 14.6. The van der Waals surface area contributed by atoms with Crippen molar-refractivity contribution in [2.24, 2.45) is 0 Å². The number of nitrogens with zero attached hydrogens (tertiary/aromatic N) is 1. The molecular weight excluding hydrogens is 374 g/mol. The summed E-state index contributed by atoms with van der Waals surface area (Å²) < 4.78 is 12.9. The van der Waals surface area contributed by atoms with E-state index in [1.807, 2.05) is 59.4 Å². The van der Waals surface area contributed by atoms with E-state index in [2.05, 4.69) is 20.4 Å². The first kappa shape index (κ1) is 21.4. The molecule has 0 unspecified atom stereocenters. The molecule has 4 heteroatoms. The monoisotopic (exact) mass is 403 g/mol. The van der Waals surface area contributed by atoms with Crippen LogP contribution in [-0.2, 0) is 19.4 Å². The molecule has 0 fully saturated rings. The van der Waals surface area contributed by atoms with Crippen LogP contribution in [0, 0.1) is 0 Å². The molecule has 1 aromatic heterocycles. The third kappa shape index (κ3) is 4.18. The Morgan fingerprint density at radius 2 is 1.33 bits per heavy atom. The minimum absolute atomic E-state index is 0.00903. The van der Waals surface area contributed by atoms with Crippen molar-refractivity contribution in [3.63, 3.8) is 0 Å². The topological polar surface area (TPSA) is 40.5 Å². The van der Waals surface area contributed by atoms with Gasteiger partial charge in [-0.2, -0.15) is 0 Å². The van der Waals surface area contributed by atoms with Crippen molar-refractivity contribution in [1.29, 1.82) is 0 Å². The molecule has 0 saturated carbocycles. The van der Waals surface area contributed by atoms with Crippen LogP contribution in [0.15, 0.2) is 66.2 Å². The second kappa shape index (κ2) is 9.49. The zero-order chi connectivity index (χ0) is 21.7. The molecule has 30 heavy (non-hydrogen) atoms. The van der Waals surface area contributed by atoms with E-state index in [1.54, 1.807) is 14.2 Å². The number of ether oxygens (including phenoxy) is 2. The summed E-state index contributed by atoms with van der Waals surface area (Å²) in [5, 5.41) is 0. The summed E-state index contributed by atoms with van der Waals surface area (Å²) in [6, 6.07) is 11.8. The highest BCUT2D eigenvalue weighted by Crippen LogP contribution is 2.29. The zero-order valence-electron chi connectivity index (χ0n) is 18.2. The molecule has 0 spiro atoms. The maximum atomic E-state index is 13.5. The van der Waals surface area contributed by atoms with Gasteiger partial charge < -0.3 is 14.0 Å². The summed E-state index contributed by atoms with van der Waals surface area (Å²) in [6.07, 6.45) is 7.29. The molecule has 0 aliphatic rings. The normalized spacial score (nSPS) is 10.7. The SMILES string of the molecule is C=CCn1cc(-c2ccc(OC)c(CC)c2)c(=O)c(-c2ccc(OC)c(CC)c2)c1. The number of allylic oxidation sites excluding steroid dienone is 1. The van der Waals surface area contributed by atoms with Gasteiger partial charge in [-0.1, -0.05) is 32.1 Å². The van der Waals surface area contributed by atoms with E-state index in [0.717, 1.165) is 46.6 Å². The van der Waals surface area contributed by atoms with Crippen molar-refractivity contribution in [3.8, 4) is 33.8 Å². The Balaban J connectivity index is 2.23. The van der Waals surface area contributed by atoms with Crippen LogP contribution in [0.25, 0.3) is 22.3 Å². The number of aryl methyl sites for hydroxylation is 2. The predicted octanol–water partition coefficient (Wildman–Crippen LogP) is 5.51. The molecule has 0 amide bonds. The lowest BCUT2D eigenvalue weighted by Crippen LogP contribution is -2.13.